The Bertz CT molecular complexity index is 495. The Labute approximate surface area is 106 Å². The molecule has 1 saturated heterocycles. The number of sulfone groups is 1. The molecule has 2 N–H and O–H groups in total. The molecule has 0 aromatic carbocycles. The van der Waals surface area contributed by atoms with E-state index in [0.29, 0.717) is 18.7 Å². The molecule has 1 aromatic heterocycles. The van der Waals surface area contributed by atoms with Crippen molar-refractivity contribution in [1.29, 1.82) is 0 Å². The van der Waals surface area contributed by atoms with Crippen LogP contribution < -0.4 is 5.73 Å². The van der Waals surface area contributed by atoms with Crippen molar-refractivity contribution in [2.75, 3.05) is 18.1 Å². The molecule has 1 unspecified atom stereocenters. The molecule has 2 heterocycles. The van der Waals surface area contributed by atoms with Gasteiger partial charge in [-0.2, -0.15) is 0 Å². The van der Waals surface area contributed by atoms with Crippen LogP contribution in [0.15, 0.2) is 5.51 Å². The fourth-order valence-corrected chi connectivity index (χ4v) is 5.40. The van der Waals surface area contributed by atoms with Crippen molar-refractivity contribution in [3.8, 4) is 0 Å². The van der Waals surface area contributed by atoms with Crippen molar-refractivity contribution in [1.82, 2.24) is 4.98 Å². The van der Waals surface area contributed by atoms with Crippen LogP contribution in [0.1, 0.15) is 23.4 Å². The molecule has 1 aromatic rings. The third-order valence-electron chi connectivity index (χ3n) is 3.63. The third-order valence-corrected chi connectivity index (χ3v) is 6.50. The van der Waals surface area contributed by atoms with Crippen LogP contribution in [-0.4, -0.2) is 31.5 Å². The zero-order valence-corrected chi connectivity index (χ0v) is 11.6. The largest absolute Gasteiger partial charge is 0.330 e. The maximum atomic E-state index is 11.6. The second kappa shape index (κ2) is 4.66. The van der Waals surface area contributed by atoms with E-state index in [2.05, 4.69) is 4.98 Å². The van der Waals surface area contributed by atoms with E-state index in [9.17, 15) is 8.42 Å². The summed E-state index contributed by atoms with van der Waals surface area (Å²) in [4.78, 5) is 5.46. The summed E-state index contributed by atoms with van der Waals surface area (Å²) in [5.74, 6) is 0.556. The van der Waals surface area contributed by atoms with E-state index < -0.39 is 9.84 Å². The van der Waals surface area contributed by atoms with Crippen molar-refractivity contribution in [3.05, 3.63) is 16.1 Å². The number of hydrogen-bond donors (Lipinski definition) is 1. The monoisotopic (exact) mass is 274 g/mol. The fourth-order valence-electron chi connectivity index (χ4n) is 2.39. The van der Waals surface area contributed by atoms with E-state index in [-0.39, 0.29) is 11.2 Å². The lowest BCUT2D eigenvalue weighted by Gasteiger charge is -2.25. The molecule has 17 heavy (non-hydrogen) atoms. The Kier molecular flexibility index (Phi) is 3.56. The zero-order valence-electron chi connectivity index (χ0n) is 9.98. The number of nitrogens with two attached hydrogens (primary N) is 1. The quantitative estimate of drug-likeness (QED) is 0.894. The van der Waals surface area contributed by atoms with Crippen molar-refractivity contribution in [2.45, 2.75) is 26.2 Å². The summed E-state index contributed by atoms with van der Waals surface area (Å²) in [6.07, 6.45) is 2.46. The average molecular weight is 274 g/mol. The normalized spacial score (nSPS) is 27.4. The van der Waals surface area contributed by atoms with E-state index >= 15 is 0 Å². The summed E-state index contributed by atoms with van der Waals surface area (Å²) in [6, 6.07) is 0. The molecule has 0 bridgehead atoms. The smallest absolute Gasteiger partial charge is 0.150 e. The summed E-state index contributed by atoms with van der Waals surface area (Å²) >= 11 is 1.64. The molecule has 1 aliphatic heterocycles. The lowest BCUT2D eigenvalue weighted by atomic mass is 9.82. The van der Waals surface area contributed by atoms with Crippen molar-refractivity contribution in [2.24, 2.45) is 11.1 Å². The molecule has 2 rings (SSSR count). The van der Waals surface area contributed by atoms with Crippen LogP contribution >= 0.6 is 11.3 Å². The van der Waals surface area contributed by atoms with Gasteiger partial charge < -0.3 is 5.73 Å². The van der Waals surface area contributed by atoms with Gasteiger partial charge in [-0.15, -0.1) is 11.3 Å². The van der Waals surface area contributed by atoms with E-state index in [0.717, 1.165) is 18.5 Å². The highest BCUT2D eigenvalue weighted by atomic mass is 32.2. The zero-order chi connectivity index (χ0) is 12.5. The first-order valence-electron chi connectivity index (χ1n) is 5.76. The van der Waals surface area contributed by atoms with Gasteiger partial charge in [-0.1, -0.05) is 0 Å². The SMILES string of the molecule is Cc1ncsc1CCC1(CN)CCS(=O)(=O)C1. The molecule has 0 amide bonds. The summed E-state index contributed by atoms with van der Waals surface area (Å²) in [5, 5.41) is 0. The van der Waals surface area contributed by atoms with Crippen LogP contribution in [0, 0.1) is 12.3 Å². The summed E-state index contributed by atoms with van der Waals surface area (Å²) in [7, 11) is -2.86. The van der Waals surface area contributed by atoms with Crippen LogP contribution in [0.4, 0.5) is 0 Å². The minimum atomic E-state index is -2.86. The van der Waals surface area contributed by atoms with E-state index in [1.165, 1.54) is 4.88 Å². The highest BCUT2D eigenvalue weighted by Crippen LogP contribution is 2.36. The van der Waals surface area contributed by atoms with Crippen molar-refractivity contribution >= 4 is 21.2 Å². The van der Waals surface area contributed by atoms with Crippen molar-refractivity contribution in [3.63, 3.8) is 0 Å². The maximum Gasteiger partial charge on any atom is 0.150 e. The predicted molar refractivity (Wildman–Crippen MR) is 69.9 cm³/mol. The van der Waals surface area contributed by atoms with Gasteiger partial charge >= 0.3 is 0 Å². The molecule has 0 saturated carbocycles. The molecule has 0 radical (unpaired) electrons. The summed E-state index contributed by atoms with van der Waals surface area (Å²) in [6.45, 7) is 2.45. The predicted octanol–water partition coefficient (Wildman–Crippen LogP) is 1.15. The van der Waals surface area contributed by atoms with Crippen LogP contribution in [0.2, 0.25) is 0 Å². The van der Waals surface area contributed by atoms with Gasteiger partial charge in [0.1, 0.15) is 0 Å². The molecule has 0 aliphatic carbocycles. The first-order valence-corrected chi connectivity index (χ1v) is 8.46. The van der Waals surface area contributed by atoms with Crippen molar-refractivity contribution < 1.29 is 8.42 Å². The van der Waals surface area contributed by atoms with E-state index in [4.69, 9.17) is 5.73 Å². The molecular weight excluding hydrogens is 256 g/mol. The fraction of sp³-hybridized carbons (Fsp3) is 0.727. The molecule has 0 spiro atoms. The maximum absolute atomic E-state index is 11.6. The molecule has 96 valence electrons. The minimum absolute atomic E-state index is 0.199. The number of thiazole rings is 1. The molecule has 6 heteroatoms. The van der Waals surface area contributed by atoms with Crippen LogP contribution in [0.25, 0.3) is 0 Å². The second-order valence-electron chi connectivity index (χ2n) is 4.91. The van der Waals surface area contributed by atoms with Crippen LogP contribution in [0.5, 0.6) is 0 Å². The Hall–Kier alpha value is -0.460. The third kappa shape index (κ3) is 2.86. The minimum Gasteiger partial charge on any atom is -0.330 e. The van der Waals surface area contributed by atoms with E-state index in [1.54, 1.807) is 11.3 Å². The van der Waals surface area contributed by atoms with Gasteiger partial charge in [0.05, 0.1) is 22.7 Å². The average Bonchev–Trinajstić information content (AvgIpc) is 2.81. The van der Waals surface area contributed by atoms with Gasteiger partial charge in [0.25, 0.3) is 0 Å². The number of nitrogens with zero attached hydrogens (tertiary/aromatic N) is 1. The van der Waals surface area contributed by atoms with Crippen LogP contribution in [-0.2, 0) is 16.3 Å². The summed E-state index contributed by atoms with van der Waals surface area (Å²) < 4.78 is 23.1. The van der Waals surface area contributed by atoms with Gasteiger partial charge in [-0.3, -0.25) is 0 Å². The highest BCUT2D eigenvalue weighted by molar-refractivity contribution is 7.91. The Morgan fingerprint density at radius 3 is 2.82 bits per heavy atom. The van der Waals surface area contributed by atoms with Gasteiger partial charge in [0.2, 0.25) is 0 Å². The molecule has 1 aliphatic rings. The molecule has 1 fully saturated rings. The van der Waals surface area contributed by atoms with Gasteiger partial charge in [-0.25, -0.2) is 13.4 Å². The number of aryl methyl sites for hydroxylation is 2. The topological polar surface area (TPSA) is 73.0 Å². The first kappa shape index (κ1) is 13.0. The first-order chi connectivity index (χ1) is 7.96. The number of hydrogen-bond acceptors (Lipinski definition) is 5. The Balaban J connectivity index is 2.04. The lowest BCUT2D eigenvalue weighted by molar-refractivity contribution is 0.319. The lowest BCUT2D eigenvalue weighted by Crippen LogP contribution is -2.32. The molecule has 1 atom stereocenters. The van der Waals surface area contributed by atoms with Gasteiger partial charge in [0.15, 0.2) is 9.84 Å². The second-order valence-corrected chi connectivity index (χ2v) is 8.03. The Morgan fingerprint density at radius 2 is 2.35 bits per heavy atom. The summed E-state index contributed by atoms with van der Waals surface area (Å²) in [5.41, 5.74) is 8.49. The van der Waals surface area contributed by atoms with Gasteiger partial charge in [0, 0.05) is 4.88 Å². The van der Waals surface area contributed by atoms with Crippen LogP contribution in [0.3, 0.4) is 0 Å². The molecule has 4 nitrogen and oxygen atoms in total. The number of rotatable bonds is 4. The number of aromatic nitrogens is 1. The molecular formula is C11H18N2O2S2. The van der Waals surface area contributed by atoms with E-state index in [1.807, 2.05) is 12.4 Å². The standard InChI is InChI=1S/C11H18N2O2S2/c1-9-10(16-8-13-9)2-3-11(6-12)4-5-17(14,15)7-11/h8H,2-7,12H2,1H3. The Morgan fingerprint density at radius 1 is 1.59 bits per heavy atom. The highest BCUT2D eigenvalue weighted by Gasteiger charge is 2.40. The van der Waals surface area contributed by atoms with Gasteiger partial charge in [-0.05, 0) is 38.1 Å².